The lowest BCUT2D eigenvalue weighted by Crippen LogP contribution is -2.26. The lowest BCUT2D eigenvalue weighted by Gasteiger charge is -2.15. The van der Waals surface area contributed by atoms with Crippen LogP contribution < -0.4 is 10.6 Å². The maximum absolute atomic E-state index is 13.2. The van der Waals surface area contributed by atoms with Gasteiger partial charge in [-0.25, -0.2) is 4.39 Å². The number of thiophene rings is 1. The van der Waals surface area contributed by atoms with Gasteiger partial charge in [-0.3, -0.25) is 9.59 Å². The molecule has 150 valence electrons. The molecular weight excluding hydrogens is 434 g/mol. The summed E-state index contributed by atoms with van der Waals surface area (Å²) in [6, 6.07) is 12.3. The largest absolute Gasteiger partial charge is 0.345 e. The van der Waals surface area contributed by atoms with Gasteiger partial charge in [0.05, 0.1) is 26.5 Å². The Morgan fingerprint density at radius 2 is 1.76 bits per heavy atom. The molecule has 0 aliphatic heterocycles. The van der Waals surface area contributed by atoms with Gasteiger partial charge in [0.2, 0.25) is 0 Å². The molecule has 4 nitrogen and oxygen atoms in total. The van der Waals surface area contributed by atoms with E-state index in [2.05, 4.69) is 10.6 Å². The number of nitrogens with one attached hydrogen (secondary N) is 2. The zero-order chi connectivity index (χ0) is 21.1. The Hall–Kier alpha value is -2.41. The molecule has 2 N–H and O–H groups in total. The lowest BCUT2D eigenvalue weighted by molar-refractivity contribution is 0.0942. The Morgan fingerprint density at radius 1 is 1.03 bits per heavy atom. The molecule has 0 fully saturated rings. The molecule has 0 bridgehead atoms. The molecule has 1 heterocycles. The molecular formula is C21H17Cl2FN2O2S. The Labute approximate surface area is 181 Å². The summed E-state index contributed by atoms with van der Waals surface area (Å²) in [5, 5.41) is 6.70. The molecule has 1 aromatic heterocycles. The number of aryl methyl sites for hydroxylation is 1. The zero-order valence-corrected chi connectivity index (χ0v) is 17.9. The summed E-state index contributed by atoms with van der Waals surface area (Å²) in [7, 11) is 0. The summed E-state index contributed by atoms with van der Waals surface area (Å²) in [5.74, 6) is -1.27. The third-order valence-electron chi connectivity index (χ3n) is 4.26. The van der Waals surface area contributed by atoms with Crippen LogP contribution in [0.2, 0.25) is 10.0 Å². The van der Waals surface area contributed by atoms with Crippen LogP contribution in [0.4, 0.5) is 9.39 Å². The van der Waals surface area contributed by atoms with E-state index in [0.717, 1.165) is 34.6 Å². The van der Waals surface area contributed by atoms with Crippen molar-refractivity contribution in [2.24, 2.45) is 0 Å². The van der Waals surface area contributed by atoms with Crippen LogP contribution in [0.5, 0.6) is 0 Å². The number of benzene rings is 2. The van der Waals surface area contributed by atoms with Crippen LogP contribution >= 0.6 is 34.5 Å². The highest BCUT2D eigenvalue weighted by Gasteiger charge is 2.19. The number of carbonyl (C=O) groups is 2. The predicted octanol–water partition coefficient (Wildman–Crippen LogP) is 6.25. The molecule has 1 unspecified atom stereocenters. The van der Waals surface area contributed by atoms with Gasteiger partial charge in [0, 0.05) is 5.02 Å². The first-order chi connectivity index (χ1) is 13.8. The number of amides is 2. The number of anilines is 1. The van der Waals surface area contributed by atoms with E-state index >= 15 is 0 Å². The number of halogens is 3. The van der Waals surface area contributed by atoms with Gasteiger partial charge in [-0.05, 0) is 55.3 Å². The van der Waals surface area contributed by atoms with Gasteiger partial charge < -0.3 is 10.6 Å². The minimum absolute atomic E-state index is 0.0160. The summed E-state index contributed by atoms with van der Waals surface area (Å²) >= 11 is 13.3. The van der Waals surface area contributed by atoms with E-state index in [4.69, 9.17) is 23.2 Å². The fourth-order valence-corrected chi connectivity index (χ4v) is 4.31. The van der Waals surface area contributed by atoms with Crippen molar-refractivity contribution in [3.8, 4) is 0 Å². The van der Waals surface area contributed by atoms with Crippen molar-refractivity contribution >= 4 is 51.4 Å². The molecule has 0 aliphatic rings. The predicted molar refractivity (Wildman–Crippen MR) is 116 cm³/mol. The molecule has 3 aromatic rings. The lowest BCUT2D eigenvalue weighted by atomic mass is 10.1. The second-order valence-electron chi connectivity index (χ2n) is 6.42. The van der Waals surface area contributed by atoms with Crippen LogP contribution in [0.15, 0.2) is 48.5 Å². The molecule has 0 radical (unpaired) electrons. The standard InChI is InChI=1S/C21H17Cl2FN2O2S/c1-11-9-18(26-20(27)15-8-7-13(24)10-17(15)23)29-19(11)21(28)25-12(2)14-5-3-4-6-16(14)22/h3-10,12H,1-2H3,(H,25,28)(H,26,27). The highest BCUT2D eigenvalue weighted by atomic mass is 35.5. The van der Waals surface area contributed by atoms with Gasteiger partial charge in [0.15, 0.2) is 0 Å². The van der Waals surface area contributed by atoms with E-state index in [-0.39, 0.29) is 22.5 Å². The number of hydrogen-bond donors (Lipinski definition) is 2. The molecule has 0 saturated heterocycles. The van der Waals surface area contributed by atoms with E-state index in [1.165, 1.54) is 6.07 Å². The average Bonchev–Trinajstić information content (AvgIpc) is 3.02. The Kier molecular flexibility index (Phi) is 6.57. The number of hydrogen-bond acceptors (Lipinski definition) is 3. The normalized spacial score (nSPS) is 11.8. The molecule has 1 atom stereocenters. The first kappa shape index (κ1) is 21.3. The van der Waals surface area contributed by atoms with E-state index in [0.29, 0.717) is 14.9 Å². The Morgan fingerprint density at radius 3 is 2.45 bits per heavy atom. The molecule has 0 spiro atoms. The first-order valence-corrected chi connectivity index (χ1v) is 10.3. The van der Waals surface area contributed by atoms with E-state index in [1.807, 2.05) is 25.1 Å². The maximum atomic E-state index is 13.2. The summed E-state index contributed by atoms with van der Waals surface area (Å²) in [6.07, 6.45) is 0. The molecule has 0 saturated carbocycles. The molecule has 2 aromatic carbocycles. The van der Waals surface area contributed by atoms with Gasteiger partial charge in [0.25, 0.3) is 11.8 Å². The Balaban J connectivity index is 1.73. The minimum Gasteiger partial charge on any atom is -0.345 e. The minimum atomic E-state index is -0.523. The van der Waals surface area contributed by atoms with Crippen molar-refractivity contribution in [3.63, 3.8) is 0 Å². The first-order valence-electron chi connectivity index (χ1n) is 8.68. The highest BCUT2D eigenvalue weighted by Crippen LogP contribution is 2.29. The molecule has 0 aliphatic carbocycles. The summed E-state index contributed by atoms with van der Waals surface area (Å²) in [4.78, 5) is 25.6. The second-order valence-corrected chi connectivity index (χ2v) is 8.28. The molecule has 29 heavy (non-hydrogen) atoms. The van der Waals surface area contributed by atoms with Crippen molar-refractivity contribution in [1.82, 2.24) is 5.32 Å². The van der Waals surface area contributed by atoms with E-state index < -0.39 is 11.7 Å². The average molecular weight is 451 g/mol. The van der Waals surface area contributed by atoms with Crippen molar-refractivity contribution in [2.45, 2.75) is 19.9 Å². The van der Waals surface area contributed by atoms with Crippen LogP contribution in [0, 0.1) is 12.7 Å². The second kappa shape index (κ2) is 8.95. The zero-order valence-electron chi connectivity index (χ0n) is 15.6. The van der Waals surface area contributed by atoms with Gasteiger partial charge in [-0.1, -0.05) is 41.4 Å². The van der Waals surface area contributed by atoms with Crippen molar-refractivity contribution < 1.29 is 14.0 Å². The van der Waals surface area contributed by atoms with Crippen molar-refractivity contribution in [2.75, 3.05) is 5.32 Å². The topological polar surface area (TPSA) is 58.2 Å². The van der Waals surface area contributed by atoms with Crippen LogP contribution in [0.25, 0.3) is 0 Å². The smallest absolute Gasteiger partial charge is 0.262 e. The maximum Gasteiger partial charge on any atom is 0.262 e. The van der Waals surface area contributed by atoms with Gasteiger partial charge in [0.1, 0.15) is 5.82 Å². The van der Waals surface area contributed by atoms with E-state index in [9.17, 15) is 14.0 Å². The molecule has 3 rings (SSSR count). The summed E-state index contributed by atoms with van der Waals surface area (Å²) in [6.45, 7) is 3.63. The van der Waals surface area contributed by atoms with Crippen LogP contribution in [-0.2, 0) is 0 Å². The van der Waals surface area contributed by atoms with Gasteiger partial charge in [-0.15, -0.1) is 11.3 Å². The van der Waals surface area contributed by atoms with Crippen molar-refractivity contribution in [3.05, 3.63) is 86.0 Å². The SMILES string of the molecule is Cc1cc(NC(=O)c2ccc(F)cc2Cl)sc1C(=O)NC(C)c1ccccc1Cl. The van der Waals surface area contributed by atoms with Crippen molar-refractivity contribution in [1.29, 1.82) is 0 Å². The van der Waals surface area contributed by atoms with Crippen LogP contribution in [0.1, 0.15) is 44.1 Å². The fourth-order valence-electron chi connectivity index (χ4n) is 2.79. The third-order valence-corrected chi connectivity index (χ3v) is 6.06. The van der Waals surface area contributed by atoms with Gasteiger partial charge >= 0.3 is 0 Å². The van der Waals surface area contributed by atoms with Crippen LogP contribution in [0.3, 0.4) is 0 Å². The molecule has 2 amide bonds. The highest BCUT2D eigenvalue weighted by molar-refractivity contribution is 7.18. The summed E-state index contributed by atoms with van der Waals surface area (Å²) in [5.41, 5.74) is 1.69. The van der Waals surface area contributed by atoms with E-state index in [1.54, 1.807) is 19.1 Å². The quantitative estimate of drug-likeness (QED) is 0.482. The Bertz CT molecular complexity index is 1080. The summed E-state index contributed by atoms with van der Waals surface area (Å²) < 4.78 is 13.2. The number of rotatable bonds is 5. The molecule has 8 heteroatoms. The van der Waals surface area contributed by atoms with Gasteiger partial charge in [-0.2, -0.15) is 0 Å². The third kappa shape index (κ3) is 4.96. The number of carbonyl (C=O) groups excluding carboxylic acids is 2. The monoisotopic (exact) mass is 450 g/mol. The fraction of sp³-hybridized carbons (Fsp3) is 0.143. The van der Waals surface area contributed by atoms with Crippen LogP contribution in [-0.4, -0.2) is 11.8 Å².